The summed E-state index contributed by atoms with van der Waals surface area (Å²) in [6, 6.07) is 6.63. The smallest absolute Gasteiger partial charge is 0.292 e. The fourth-order valence-corrected chi connectivity index (χ4v) is 2.96. The van der Waals surface area contributed by atoms with E-state index in [-0.39, 0.29) is 16.1 Å². The Labute approximate surface area is 160 Å². The minimum atomic E-state index is -0.385. The molecule has 0 spiro atoms. The molecule has 1 heterocycles. The van der Waals surface area contributed by atoms with Crippen LogP contribution < -0.4 is 16.0 Å². The van der Waals surface area contributed by atoms with Crippen molar-refractivity contribution in [3.63, 3.8) is 0 Å². The van der Waals surface area contributed by atoms with Gasteiger partial charge in [0.2, 0.25) is 0 Å². The average molecular weight is 378 g/mol. The highest BCUT2D eigenvalue weighted by molar-refractivity contribution is 5.79. The molecular formula is C18H30N6O3. The van der Waals surface area contributed by atoms with Gasteiger partial charge in [0, 0.05) is 51.4 Å². The number of aliphatic imine (C=N–C) groups is 1. The summed E-state index contributed by atoms with van der Waals surface area (Å²) >= 11 is 0. The third-order valence-electron chi connectivity index (χ3n) is 4.61. The molecule has 1 saturated heterocycles. The highest BCUT2D eigenvalue weighted by Crippen LogP contribution is 2.22. The first-order valence-corrected chi connectivity index (χ1v) is 9.18. The second kappa shape index (κ2) is 10.1. The Morgan fingerprint density at radius 2 is 1.96 bits per heavy atom. The number of benzene rings is 1. The largest absolute Gasteiger partial charge is 0.379 e. The Bertz CT molecular complexity index is 644. The standard InChI is InChI=1S/C18H30N6O3/c1-18(2,23-10-12-27-13-11-23)14-22-17(19-3)21-9-8-20-15-6-4-5-7-16(15)24(25)26/h4-7,20H,8-14H2,1-3H3,(H2,19,21,22). The number of nitrogens with one attached hydrogen (secondary N) is 3. The molecular weight excluding hydrogens is 348 g/mol. The van der Waals surface area contributed by atoms with E-state index in [0.717, 1.165) is 32.8 Å². The van der Waals surface area contributed by atoms with Crippen molar-refractivity contribution in [3.8, 4) is 0 Å². The molecule has 3 N–H and O–H groups in total. The SMILES string of the molecule is CN=C(NCCNc1ccccc1[N+](=O)[O-])NCC(C)(C)N1CCOCC1. The minimum Gasteiger partial charge on any atom is -0.379 e. The molecule has 1 aromatic rings. The van der Waals surface area contributed by atoms with Crippen LogP contribution >= 0.6 is 0 Å². The second-order valence-electron chi connectivity index (χ2n) is 6.97. The van der Waals surface area contributed by atoms with Gasteiger partial charge in [-0.25, -0.2) is 0 Å². The molecule has 0 aromatic heterocycles. The summed E-state index contributed by atoms with van der Waals surface area (Å²) in [5, 5.41) is 20.7. The number of anilines is 1. The summed E-state index contributed by atoms with van der Waals surface area (Å²) in [5.74, 6) is 0.709. The number of morpholine rings is 1. The van der Waals surface area contributed by atoms with Crippen molar-refractivity contribution >= 4 is 17.3 Å². The second-order valence-corrected chi connectivity index (χ2v) is 6.97. The number of ether oxygens (including phenoxy) is 1. The van der Waals surface area contributed by atoms with Crippen LogP contribution in [0.25, 0.3) is 0 Å². The molecule has 0 atom stereocenters. The zero-order valence-corrected chi connectivity index (χ0v) is 16.3. The normalized spacial score (nSPS) is 16.0. The summed E-state index contributed by atoms with van der Waals surface area (Å²) in [6.45, 7) is 9.69. The van der Waals surface area contributed by atoms with Gasteiger partial charge in [-0.1, -0.05) is 12.1 Å². The molecule has 0 radical (unpaired) electrons. The third kappa shape index (κ3) is 6.37. The lowest BCUT2D eigenvalue weighted by molar-refractivity contribution is -0.384. The predicted molar refractivity (Wildman–Crippen MR) is 107 cm³/mol. The summed E-state index contributed by atoms with van der Waals surface area (Å²) in [7, 11) is 1.73. The maximum atomic E-state index is 11.0. The Hall–Kier alpha value is -2.39. The lowest BCUT2D eigenvalue weighted by Gasteiger charge is -2.41. The molecule has 0 amide bonds. The van der Waals surface area contributed by atoms with E-state index in [1.165, 1.54) is 6.07 Å². The molecule has 1 aromatic carbocycles. The molecule has 0 unspecified atom stereocenters. The van der Waals surface area contributed by atoms with E-state index >= 15 is 0 Å². The number of nitro benzene ring substituents is 1. The van der Waals surface area contributed by atoms with E-state index < -0.39 is 0 Å². The van der Waals surface area contributed by atoms with Crippen molar-refractivity contribution in [1.82, 2.24) is 15.5 Å². The Morgan fingerprint density at radius 1 is 1.26 bits per heavy atom. The summed E-state index contributed by atoms with van der Waals surface area (Å²) in [6.07, 6.45) is 0. The topological polar surface area (TPSA) is 104 Å². The summed E-state index contributed by atoms with van der Waals surface area (Å²) in [4.78, 5) is 17.3. The van der Waals surface area contributed by atoms with Crippen LogP contribution in [0.4, 0.5) is 11.4 Å². The van der Waals surface area contributed by atoms with E-state index in [1.807, 2.05) is 0 Å². The average Bonchev–Trinajstić information content (AvgIpc) is 2.68. The lowest BCUT2D eigenvalue weighted by Crippen LogP contribution is -2.56. The fourth-order valence-electron chi connectivity index (χ4n) is 2.96. The maximum absolute atomic E-state index is 11.0. The first-order valence-electron chi connectivity index (χ1n) is 9.18. The molecule has 9 heteroatoms. The summed E-state index contributed by atoms with van der Waals surface area (Å²) in [5.41, 5.74) is 0.581. The van der Waals surface area contributed by atoms with E-state index in [0.29, 0.717) is 24.7 Å². The number of nitro groups is 1. The first-order chi connectivity index (χ1) is 12.9. The molecule has 0 bridgehead atoms. The third-order valence-corrected chi connectivity index (χ3v) is 4.61. The van der Waals surface area contributed by atoms with Gasteiger partial charge in [-0.2, -0.15) is 0 Å². The van der Waals surface area contributed by atoms with Crippen LogP contribution in [0.2, 0.25) is 0 Å². The molecule has 9 nitrogen and oxygen atoms in total. The number of para-hydroxylation sites is 2. The molecule has 150 valence electrons. The Kier molecular flexibility index (Phi) is 7.81. The number of hydrogen-bond acceptors (Lipinski definition) is 6. The van der Waals surface area contributed by atoms with Gasteiger partial charge in [-0.15, -0.1) is 0 Å². The van der Waals surface area contributed by atoms with Crippen LogP contribution in [0.1, 0.15) is 13.8 Å². The van der Waals surface area contributed by atoms with E-state index in [1.54, 1.807) is 25.2 Å². The highest BCUT2D eigenvalue weighted by atomic mass is 16.6. The Morgan fingerprint density at radius 3 is 2.63 bits per heavy atom. The molecule has 0 saturated carbocycles. The van der Waals surface area contributed by atoms with Crippen LogP contribution in [0.5, 0.6) is 0 Å². The van der Waals surface area contributed by atoms with Gasteiger partial charge in [-0.3, -0.25) is 20.0 Å². The monoisotopic (exact) mass is 378 g/mol. The van der Waals surface area contributed by atoms with Gasteiger partial charge in [0.1, 0.15) is 5.69 Å². The van der Waals surface area contributed by atoms with Crippen LogP contribution in [0, 0.1) is 10.1 Å². The van der Waals surface area contributed by atoms with Crippen molar-refractivity contribution in [1.29, 1.82) is 0 Å². The van der Waals surface area contributed by atoms with Gasteiger partial charge >= 0.3 is 0 Å². The van der Waals surface area contributed by atoms with Gasteiger partial charge < -0.3 is 20.7 Å². The quantitative estimate of drug-likeness (QED) is 0.206. The van der Waals surface area contributed by atoms with Crippen molar-refractivity contribution < 1.29 is 9.66 Å². The zero-order valence-electron chi connectivity index (χ0n) is 16.3. The number of hydrogen-bond donors (Lipinski definition) is 3. The van der Waals surface area contributed by atoms with Crippen LogP contribution in [-0.2, 0) is 4.74 Å². The van der Waals surface area contributed by atoms with Crippen molar-refractivity contribution in [2.45, 2.75) is 19.4 Å². The van der Waals surface area contributed by atoms with Gasteiger partial charge in [-0.05, 0) is 19.9 Å². The zero-order chi connectivity index (χ0) is 19.7. The first kappa shape index (κ1) is 20.9. The molecule has 27 heavy (non-hydrogen) atoms. The van der Waals surface area contributed by atoms with Crippen LogP contribution in [0.15, 0.2) is 29.3 Å². The lowest BCUT2D eigenvalue weighted by atomic mass is 10.0. The van der Waals surface area contributed by atoms with Crippen LogP contribution in [0.3, 0.4) is 0 Å². The van der Waals surface area contributed by atoms with Crippen molar-refractivity contribution in [2.75, 3.05) is 58.3 Å². The van der Waals surface area contributed by atoms with Gasteiger partial charge in [0.05, 0.1) is 18.1 Å². The van der Waals surface area contributed by atoms with Crippen molar-refractivity contribution in [2.24, 2.45) is 4.99 Å². The molecule has 1 aliphatic rings. The molecule has 0 aliphatic carbocycles. The maximum Gasteiger partial charge on any atom is 0.292 e. The highest BCUT2D eigenvalue weighted by Gasteiger charge is 2.28. The van der Waals surface area contributed by atoms with Crippen LogP contribution in [-0.4, -0.2) is 74.3 Å². The van der Waals surface area contributed by atoms with E-state index in [9.17, 15) is 10.1 Å². The predicted octanol–water partition coefficient (Wildman–Crippen LogP) is 1.28. The van der Waals surface area contributed by atoms with Gasteiger partial charge in [0.25, 0.3) is 5.69 Å². The molecule has 1 aliphatic heterocycles. The number of rotatable bonds is 8. The number of guanidine groups is 1. The molecule has 1 fully saturated rings. The van der Waals surface area contributed by atoms with Crippen molar-refractivity contribution in [3.05, 3.63) is 34.4 Å². The fraction of sp³-hybridized carbons (Fsp3) is 0.611. The van der Waals surface area contributed by atoms with E-state index in [2.05, 4.69) is 39.7 Å². The van der Waals surface area contributed by atoms with Gasteiger partial charge in [0.15, 0.2) is 5.96 Å². The Balaban J connectivity index is 1.75. The minimum absolute atomic E-state index is 0.00962. The number of nitrogens with zero attached hydrogens (tertiary/aromatic N) is 3. The summed E-state index contributed by atoms with van der Waals surface area (Å²) < 4.78 is 5.42. The molecule has 2 rings (SSSR count). The van der Waals surface area contributed by atoms with E-state index in [4.69, 9.17) is 4.74 Å².